The van der Waals surface area contributed by atoms with Crippen molar-refractivity contribution in [3.05, 3.63) is 65.9 Å². The maximum atomic E-state index is 13.7. The third-order valence-electron chi connectivity index (χ3n) is 6.86. The molecule has 0 atom stereocenters. The smallest absolute Gasteiger partial charge is 0.259 e. The molecule has 1 aliphatic heterocycles. The molecular formula is C25H30FN5O. The first-order chi connectivity index (χ1) is 15.6. The summed E-state index contributed by atoms with van der Waals surface area (Å²) in [6, 6.07) is 10.7. The Morgan fingerprint density at radius 3 is 2.28 bits per heavy atom. The second kappa shape index (κ2) is 8.90. The number of halogens is 1. The SMILES string of the molecule is Cc1nn(-c2ccc(F)cc2)c(-n2cccc2)c1C(=O)N1CCN(C2CCCCC2)CC1. The Labute approximate surface area is 188 Å². The molecule has 1 aliphatic carbocycles. The molecule has 0 N–H and O–H groups in total. The van der Waals surface area contributed by atoms with Crippen molar-refractivity contribution in [1.29, 1.82) is 0 Å². The molecule has 5 rings (SSSR count). The van der Waals surface area contributed by atoms with E-state index in [2.05, 4.69) is 10.00 Å². The van der Waals surface area contributed by atoms with Crippen LogP contribution in [0.1, 0.15) is 48.2 Å². The van der Waals surface area contributed by atoms with E-state index >= 15 is 0 Å². The Morgan fingerprint density at radius 1 is 0.969 bits per heavy atom. The molecule has 0 radical (unpaired) electrons. The molecule has 2 fully saturated rings. The quantitative estimate of drug-likeness (QED) is 0.617. The zero-order chi connectivity index (χ0) is 22.1. The molecule has 0 unspecified atom stereocenters. The molecule has 1 amide bonds. The fourth-order valence-electron chi connectivity index (χ4n) is 5.14. The Morgan fingerprint density at radius 2 is 1.62 bits per heavy atom. The van der Waals surface area contributed by atoms with Crippen molar-refractivity contribution >= 4 is 5.91 Å². The molecule has 7 heteroatoms. The molecule has 3 heterocycles. The summed E-state index contributed by atoms with van der Waals surface area (Å²) >= 11 is 0. The van der Waals surface area contributed by atoms with Crippen LogP contribution >= 0.6 is 0 Å². The van der Waals surface area contributed by atoms with Gasteiger partial charge in [-0.3, -0.25) is 9.69 Å². The van der Waals surface area contributed by atoms with Crippen LogP contribution in [0.25, 0.3) is 11.5 Å². The van der Waals surface area contributed by atoms with Gasteiger partial charge in [0.2, 0.25) is 0 Å². The van der Waals surface area contributed by atoms with Gasteiger partial charge in [0.25, 0.3) is 5.91 Å². The third-order valence-corrected chi connectivity index (χ3v) is 6.86. The van der Waals surface area contributed by atoms with Crippen molar-refractivity contribution in [3.8, 4) is 11.5 Å². The predicted molar refractivity (Wildman–Crippen MR) is 122 cm³/mol. The van der Waals surface area contributed by atoms with Crippen LogP contribution in [-0.2, 0) is 0 Å². The molecule has 168 valence electrons. The third kappa shape index (κ3) is 3.97. The van der Waals surface area contributed by atoms with E-state index in [0.29, 0.717) is 23.1 Å². The minimum atomic E-state index is -0.299. The van der Waals surface area contributed by atoms with Crippen molar-refractivity contribution in [2.75, 3.05) is 26.2 Å². The molecule has 2 aliphatic rings. The van der Waals surface area contributed by atoms with Gasteiger partial charge < -0.3 is 9.47 Å². The Bertz CT molecular complexity index is 1060. The summed E-state index contributed by atoms with van der Waals surface area (Å²) in [5, 5.41) is 4.69. The number of amides is 1. The summed E-state index contributed by atoms with van der Waals surface area (Å²) < 4.78 is 17.1. The first kappa shape index (κ1) is 20.9. The Hall–Kier alpha value is -2.93. The van der Waals surface area contributed by atoms with Gasteiger partial charge in [-0.25, -0.2) is 9.07 Å². The van der Waals surface area contributed by atoms with Crippen LogP contribution in [0, 0.1) is 12.7 Å². The van der Waals surface area contributed by atoms with Crippen molar-refractivity contribution in [1.82, 2.24) is 24.1 Å². The standard InChI is InChI=1S/C25H30FN5O/c1-19-23(25(32)30-17-15-28(16-18-30)21-7-3-2-4-8-21)24(29-13-5-6-14-29)31(27-19)22-11-9-20(26)10-12-22/h5-6,9-14,21H,2-4,7-8,15-18H2,1H3. The van der Waals surface area contributed by atoms with E-state index < -0.39 is 0 Å². The molecule has 0 bridgehead atoms. The summed E-state index contributed by atoms with van der Waals surface area (Å²) in [5.41, 5.74) is 2.01. The van der Waals surface area contributed by atoms with Crippen molar-refractivity contribution in [2.24, 2.45) is 0 Å². The van der Waals surface area contributed by atoms with Crippen LogP contribution in [-0.4, -0.2) is 62.3 Å². The molecule has 1 saturated carbocycles. The number of aryl methyl sites for hydroxylation is 1. The average molecular weight is 436 g/mol. The number of benzene rings is 1. The van der Waals surface area contributed by atoms with Gasteiger partial charge in [-0.15, -0.1) is 0 Å². The summed E-state index contributed by atoms with van der Waals surface area (Å²) in [4.78, 5) is 18.2. The molecule has 32 heavy (non-hydrogen) atoms. The van der Waals surface area contributed by atoms with Crippen LogP contribution in [0.3, 0.4) is 0 Å². The zero-order valence-electron chi connectivity index (χ0n) is 18.6. The highest BCUT2D eigenvalue weighted by Gasteiger charge is 2.31. The van der Waals surface area contributed by atoms with Crippen LogP contribution in [0.5, 0.6) is 0 Å². The van der Waals surface area contributed by atoms with E-state index in [-0.39, 0.29) is 11.7 Å². The Kier molecular flexibility index (Phi) is 5.83. The van der Waals surface area contributed by atoms with Gasteiger partial charge in [0, 0.05) is 44.6 Å². The second-order valence-electron chi connectivity index (χ2n) is 8.88. The monoisotopic (exact) mass is 435 g/mol. The summed E-state index contributed by atoms with van der Waals surface area (Å²) in [6.45, 7) is 5.21. The second-order valence-corrected chi connectivity index (χ2v) is 8.88. The van der Waals surface area contributed by atoms with Crippen molar-refractivity contribution < 1.29 is 9.18 Å². The predicted octanol–water partition coefficient (Wildman–Crippen LogP) is 4.20. The fourth-order valence-corrected chi connectivity index (χ4v) is 5.14. The van der Waals surface area contributed by atoms with Crippen LogP contribution < -0.4 is 0 Å². The number of piperazine rings is 1. The van der Waals surface area contributed by atoms with Gasteiger partial charge in [0.05, 0.1) is 11.4 Å². The van der Waals surface area contributed by atoms with Crippen LogP contribution in [0.15, 0.2) is 48.8 Å². The minimum Gasteiger partial charge on any atom is -0.336 e. The van der Waals surface area contributed by atoms with Gasteiger partial charge in [-0.2, -0.15) is 5.10 Å². The minimum absolute atomic E-state index is 0.0165. The van der Waals surface area contributed by atoms with E-state index in [9.17, 15) is 9.18 Å². The van der Waals surface area contributed by atoms with Gasteiger partial charge in [0.15, 0.2) is 5.82 Å². The molecule has 3 aromatic rings. The maximum Gasteiger partial charge on any atom is 0.259 e. The normalized spacial score (nSPS) is 18.2. The Balaban J connectivity index is 1.43. The highest BCUT2D eigenvalue weighted by molar-refractivity contribution is 5.98. The lowest BCUT2D eigenvalue weighted by molar-refractivity contribution is 0.0522. The molecule has 1 saturated heterocycles. The van der Waals surface area contributed by atoms with Gasteiger partial charge >= 0.3 is 0 Å². The van der Waals surface area contributed by atoms with E-state index in [1.165, 1.54) is 44.2 Å². The van der Waals surface area contributed by atoms with Gasteiger partial charge in [-0.1, -0.05) is 19.3 Å². The number of nitrogens with zero attached hydrogens (tertiary/aromatic N) is 5. The zero-order valence-corrected chi connectivity index (χ0v) is 18.6. The lowest BCUT2D eigenvalue weighted by Gasteiger charge is -2.40. The maximum absolute atomic E-state index is 13.7. The van der Waals surface area contributed by atoms with Crippen molar-refractivity contribution in [2.45, 2.75) is 45.1 Å². The molecule has 1 aromatic carbocycles. The first-order valence-electron chi connectivity index (χ1n) is 11.6. The number of rotatable bonds is 4. The average Bonchev–Trinajstić information content (AvgIpc) is 3.47. The van der Waals surface area contributed by atoms with E-state index in [1.54, 1.807) is 16.8 Å². The number of carbonyl (C=O) groups excluding carboxylic acids is 1. The summed E-state index contributed by atoms with van der Waals surface area (Å²) in [7, 11) is 0. The van der Waals surface area contributed by atoms with E-state index in [1.807, 2.05) is 40.9 Å². The number of hydrogen-bond donors (Lipinski definition) is 0. The van der Waals surface area contributed by atoms with Crippen LogP contribution in [0.4, 0.5) is 4.39 Å². The highest BCUT2D eigenvalue weighted by Crippen LogP contribution is 2.27. The number of aromatic nitrogens is 3. The summed E-state index contributed by atoms with van der Waals surface area (Å²) in [6.07, 6.45) is 10.4. The lowest BCUT2D eigenvalue weighted by Crippen LogP contribution is -2.52. The van der Waals surface area contributed by atoms with E-state index in [0.717, 1.165) is 31.9 Å². The van der Waals surface area contributed by atoms with Crippen molar-refractivity contribution in [3.63, 3.8) is 0 Å². The van der Waals surface area contributed by atoms with Gasteiger partial charge in [-0.05, 0) is 56.2 Å². The van der Waals surface area contributed by atoms with Crippen LogP contribution in [0.2, 0.25) is 0 Å². The topological polar surface area (TPSA) is 46.3 Å². The van der Waals surface area contributed by atoms with E-state index in [4.69, 9.17) is 0 Å². The molecular weight excluding hydrogens is 405 g/mol. The number of hydrogen-bond acceptors (Lipinski definition) is 3. The van der Waals surface area contributed by atoms with Gasteiger partial charge in [0.1, 0.15) is 11.4 Å². The summed E-state index contributed by atoms with van der Waals surface area (Å²) in [5.74, 6) is 0.411. The number of carbonyl (C=O) groups is 1. The fraction of sp³-hybridized carbons (Fsp3) is 0.440. The highest BCUT2D eigenvalue weighted by atomic mass is 19.1. The molecule has 6 nitrogen and oxygen atoms in total. The largest absolute Gasteiger partial charge is 0.336 e. The molecule has 0 spiro atoms. The lowest BCUT2D eigenvalue weighted by atomic mass is 9.94. The first-order valence-corrected chi connectivity index (χ1v) is 11.6. The molecule has 2 aromatic heterocycles.